The van der Waals surface area contributed by atoms with Crippen molar-refractivity contribution in [3.05, 3.63) is 47.4 Å². The Labute approximate surface area is 94.7 Å². The molecular formula is C10H5ClF2N2O. The molecule has 1 heterocycles. The lowest BCUT2D eigenvalue weighted by Crippen LogP contribution is -1.91. The fourth-order valence-electron chi connectivity index (χ4n) is 1.03. The maximum atomic E-state index is 12.8. The van der Waals surface area contributed by atoms with Gasteiger partial charge in [0.05, 0.1) is 0 Å². The van der Waals surface area contributed by atoms with Crippen LogP contribution in [0.15, 0.2) is 30.6 Å². The molecule has 0 saturated carbocycles. The van der Waals surface area contributed by atoms with Crippen LogP contribution in [0.1, 0.15) is 0 Å². The van der Waals surface area contributed by atoms with Crippen LogP contribution in [-0.4, -0.2) is 9.97 Å². The highest BCUT2D eigenvalue weighted by molar-refractivity contribution is 6.29. The minimum absolute atomic E-state index is 0.133. The van der Waals surface area contributed by atoms with Gasteiger partial charge in [-0.15, -0.1) is 0 Å². The van der Waals surface area contributed by atoms with E-state index in [0.717, 1.165) is 12.1 Å². The molecule has 0 radical (unpaired) electrons. The molecule has 2 rings (SSSR count). The minimum atomic E-state index is -0.988. The molecule has 0 aliphatic heterocycles. The Morgan fingerprint density at radius 1 is 1.06 bits per heavy atom. The molecule has 0 N–H and O–H groups in total. The molecule has 82 valence electrons. The van der Waals surface area contributed by atoms with E-state index < -0.39 is 11.6 Å². The van der Waals surface area contributed by atoms with Gasteiger partial charge in [0.2, 0.25) is 5.88 Å². The second-order valence-electron chi connectivity index (χ2n) is 2.86. The molecule has 16 heavy (non-hydrogen) atoms. The van der Waals surface area contributed by atoms with Crippen molar-refractivity contribution in [3.63, 3.8) is 0 Å². The molecule has 1 aromatic carbocycles. The molecule has 2 aromatic rings. The van der Waals surface area contributed by atoms with Gasteiger partial charge in [-0.25, -0.2) is 18.7 Å². The molecule has 0 unspecified atom stereocenters. The predicted octanol–water partition coefficient (Wildman–Crippen LogP) is 3.20. The van der Waals surface area contributed by atoms with E-state index in [0.29, 0.717) is 0 Å². The highest BCUT2D eigenvalue weighted by Crippen LogP contribution is 2.22. The smallest absolute Gasteiger partial charge is 0.223 e. The summed E-state index contributed by atoms with van der Waals surface area (Å²) in [5.41, 5.74) is 0. The Bertz CT molecular complexity index is 522. The van der Waals surface area contributed by atoms with Crippen molar-refractivity contribution in [2.45, 2.75) is 0 Å². The highest BCUT2D eigenvalue weighted by atomic mass is 35.5. The van der Waals surface area contributed by atoms with Crippen LogP contribution in [0, 0.1) is 11.6 Å². The third-order valence-electron chi connectivity index (χ3n) is 1.72. The standard InChI is InChI=1S/C10H5ClF2N2O/c11-9-4-10(15-5-14-9)16-6-1-2-7(12)8(13)3-6/h1-5H. The van der Waals surface area contributed by atoms with Gasteiger partial charge in [0, 0.05) is 12.1 Å². The Morgan fingerprint density at radius 2 is 1.88 bits per heavy atom. The second-order valence-corrected chi connectivity index (χ2v) is 3.24. The zero-order valence-electron chi connectivity index (χ0n) is 7.82. The van der Waals surface area contributed by atoms with Crippen LogP contribution in [0.5, 0.6) is 11.6 Å². The van der Waals surface area contributed by atoms with Crippen LogP contribution in [-0.2, 0) is 0 Å². The molecule has 3 nitrogen and oxygen atoms in total. The average molecular weight is 243 g/mol. The van der Waals surface area contributed by atoms with Gasteiger partial charge in [-0.05, 0) is 12.1 Å². The Morgan fingerprint density at radius 3 is 2.56 bits per heavy atom. The van der Waals surface area contributed by atoms with Crippen LogP contribution in [0.2, 0.25) is 5.15 Å². The Kier molecular flexibility index (Phi) is 2.96. The van der Waals surface area contributed by atoms with Crippen molar-refractivity contribution in [1.29, 1.82) is 0 Å². The molecule has 0 amide bonds. The van der Waals surface area contributed by atoms with E-state index in [9.17, 15) is 8.78 Å². The monoisotopic (exact) mass is 242 g/mol. The summed E-state index contributed by atoms with van der Waals surface area (Å²) in [5, 5.41) is 0.201. The Hall–Kier alpha value is -1.75. The molecule has 0 fully saturated rings. The summed E-state index contributed by atoms with van der Waals surface area (Å²) in [6.45, 7) is 0. The minimum Gasteiger partial charge on any atom is -0.439 e. The summed E-state index contributed by atoms with van der Waals surface area (Å²) in [5.74, 6) is -1.63. The summed E-state index contributed by atoms with van der Waals surface area (Å²) in [6, 6.07) is 4.54. The average Bonchev–Trinajstić information content (AvgIpc) is 2.24. The molecular weight excluding hydrogens is 238 g/mol. The van der Waals surface area contributed by atoms with Gasteiger partial charge >= 0.3 is 0 Å². The summed E-state index contributed by atoms with van der Waals surface area (Å²) in [7, 11) is 0. The van der Waals surface area contributed by atoms with Gasteiger partial charge in [0.25, 0.3) is 0 Å². The van der Waals surface area contributed by atoms with E-state index >= 15 is 0 Å². The molecule has 0 spiro atoms. The van der Waals surface area contributed by atoms with Gasteiger partial charge in [0.1, 0.15) is 17.2 Å². The van der Waals surface area contributed by atoms with Gasteiger partial charge in [-0.2, -0.15) is 0 Å². The van der Waals surface area contributed by atoms with Crippen molar-refractivity contribution < 1.29 is 13.5 Å². The zero-order chi connectivity index (χ0) is 11.5. The molecule has 0 aliphatic rings. The summed E-state index contributed by atoms with van der Waals surface area (Å²) in [4.78, 5) is 7.41. The van der Waals surface area contributed by atoms with Gasteiger partial charge in [-0.1, -0.05) is 11.6 Å². The van der Waals surface area contributed by atoms with Crippen LogP contribution in [0.3, 0.4) is 0 Å². The van der Waals surface area contributed by atoms with Crippen molar-refractivity contribution in [2.24, 2.45) is 0 Å². The van der Waals surface area contributed by atoms with E-state index in [4.69, 9.17) is 16.3 Å². The largest absolute Gasteiger partial charge is 0.439 e. The van der Waals surface area contributed by atoms with E-state index in [2.05, 4.69) is 9.97 Å². The first-order valence-corrected chi connectivity index (χ1v) is 4.63. The number of benzene rings is 1. The number of nitrogens with zero attached hydrogens (tertiary/aromatic N) is 2. The number of halogens is 3. The summed E-state index contributed by atoms with van der Waals surface area (Å²) in [6.07, 6.45) is 1.21. The molecule has 0 aliphatic carbocycles. The van der Waals surface area contributed by atoms with Crippen LogP contribution < -0.4 is 4.74 Å². The fourth-order valence-corrected chi connectivity index (χ4v) is 1.17. The van der Waals surface area contributed by atoms with E-state index in [-0.39, 0.29) is 16.8 Å². The first-order chi connectivity index (χ1) is 7.65. The molecule has 0 saturated heterocycles. The number of rotatable bonds is 2. The highest BCUT2D eigenvalue weighted by Gasteiger charge is 2.05. The van der Waals surface area contributed by atoms with Crippen molar-refractivity contribution >= 4 is 11.6 Å². The number of hydrogen-bond donors (Lipinski definition) is 0. The van der Waals surface area contributed by atoms with E-state index in [1.807, 2.05) is 0 Å². The van der Waals surface area contributed by atoms with Crippen molar-refractivity contribution in [1.82, 2.24) is 9.97 Å². The zero-order valence-corrected chi connectivity index (χ0v) is 8.58. The maximum absolute atomic E-state index is 12.8. The van der Waals surface area contributed by atoms with Gasteiger partial charge in [-0.3, -0.25) is 0 Å². The lowest BCUT2D eigenvalue weighted by molar-refractivity contribution is 0.446. The Balaban J connectivity index is 2.24. The summed E-state index contributed by atoms with van der Waals surface area (Å²) < 4.78 is 30.6. The number of ether oxygens (including phenoxy) is 1. The lowest BCUT2D eigenvalue weighted by atomic mass is 10.3. The quantitative estimate of drug-likeness (QED) is 0.759. The number of aromatic nitrogens is 2. The van der Waals surface area contributed by atoms with Crippen LogP contribution >= 0.6 is 11.6 Å². The van der Waals surface area contributed by atoms with Gasteiger partial charge < -0.3 is 4.74 Å². The van der Waals surface area contributed by atoms with Crippen molar-refractivity contribution in [3.8, 4) is 11.6 Å². The first kappa shape index (κ1) is 10.8. The SMILES string of the molecule is Fc1ccc(Oc2cc(Cl)ncn2)cc1F. The third kappa shape index (κ3) is 2.43. The molecule has 1 aromatic heterocycles. The normalized spacial score (nSPS) is 10.2. The van der Waals surface area contributed by atoms with Crippen LogP contribution in [0.25, 0.3) is 0 Å². The van der Waals surface area contributed by atoms with E-state index in [1.165, 1.54) is 18.5 Å². The van der Waals surface area contributed by atoms with Crippen molar-refractivity contribution in [2.75, 3.05) is 0 Å². The van der Waals surface area contributed by atoms with E-state index in [1.54, 1.807) is 0 Å². The molecule has 0 bridgehead atoms. The first-order valence-electron chi connectivity index (χ1n) is 4.25. The van der Waals surface area contributed by atoms with Crippen LogP contribution in [0.4, 0.5) is 8.78 Å². The molecule has 0 atom stereocenters. The fraction of sp³-hybridized carbons (Fsp3) is 0. The predicted molar refractivity (Wildman–Crippen MR) is 53.5 cm³/mol. The topological polar surface area (TPSA) is 35.0 Å². The summed E-state index contributed by atoms with van der Waals surface area (Å²) >= 11 is 5.60. The lowest BCUT2D eigenvalue weighted by Gasteiger charge is -2.04. The second kappa shape index (κ2) is 4.40. The maximum Gasteiger partial charge on any atom is 0.223 e. The molecule has 6 heteroatoms. The van der Waals surface area contributed by atoms with Gasteiger partial charge in [0.15, 0.2) is 11.6 Å². The third-order valence-corrected chi connectivity index (χ3v) is 1.93. The number of hydrogen-bond acceptors (Lipinski definition) is 3.